The first kappa shape index (κ1) is 18.6. The molecule has 1 amide bonds. The van der Waals surface area contributed by atoms with E-state index in [-0.39, 0.29) is 18.0 Å². The summed E-state index contributed by atoms with van der Waals surface area (Å²) in [5.74, 6) is 0.190. The number of piperidine rings is 1. The lowest BCUT2D eigenvalue weighted by Gasteiger charge is -2.36. The van der Waals surface area contributed by atoms with Gasteiger partial charge in [0.05, 0.1) is 5.69 Å². The topological polar surface area (TPSA) is 41.6 Å². The van der Waals surface area contributed by atoms with E-state index >= 15 is 0 Å². The molecule has 1 atom stereocenters. The normalized spacial score (nSPS) is 17.5. The molecule has 0 saturated carbocycles. The van der Waals surface area contributed by atoms with Crippen LogP contribution in [0.25, 0.3) is 0 Å². The van der Waals surface area contributed by atoms with Crippen molar-refractivity contribution in [3.63, 3.8) is 0 Å². The van der Waals surface area contributed by atoms with Gasteiger partial charge in [-0.05, 0) is 65.0 Å². The summed E-state index contributed by atoms with van der Waals surface area (Å²) in [6.07, 6.45) is 1.54. The molecule has 0 aliphatic carbocycles. The SMILES string of the molecule is Cc1cccc(F)c1NC(C)C1CCN(C(=O)OC(C)(C)C)CC1. The third-order valence-corrected chi connectivity index (χ3v) is 4.49. The van der Waals surface area contributed by atoms with Gasteiger partial charge in [0.25, 0.3) is 0 Å². The monoisotopic (exact) mass is 336 g/mol. The highest BCUT2D eigenvalue weighted by Crippen LogP contribution is 2.27. The van der Waals surface area contributed by atoms with Crippen LogP contribution in [0.4, 0.5) is 14.9 Å². The van der Waals surface area contributed by atoms with Gasteiger partial charge in [0.2, 0.25) is 0 Å². The van der Waals surface area contributed by atoms with Crippen molar-refractivity contribution in [3.8, 4) is 0 Å². The molecular weight excluding hydrogens is 307 g/mol. The summed E-state index contributed by atoms with van der Waals surface area (Å²) >= 11 is 0. The smallest absolute Gasteiger partial charge is 0.410 e. The van der Waals surface area contributed by atoms with E-state index in [1.165, 1.54) is 6.07 Å². The van der Waals surface area contributed by atoms with Crippen molar-refractivity contribution in [2.24, 2.45) is 5.92 Å². The minimum atomic E-state index is -0.467. The third kappa shape index (κ3) is 4.86. The molecule has 0 bridgehead atoms. The van der Waals surface area contributed by atoms with E-state index in [0.717, 1.165) is 18.4 Å². The number of aryl methyl sites for hydroxylation is 1. The third-order valence-electron chi connectivity index (χ3n) is 4.49. The summed E-state index contributed by atoms with van der Waals surface area (Å²) in [6.45, 7) is 11.0. The van der Waals surface area contributed by atoms with E-state index in [1.54, 1.807) is 11.0 Å². The second-order valence-corrected chi connectivity index (χ2v) is 7.67. The molecule has 1 aromatic rings. The molecule has 4 nitrogen and oxygen atoms in total. The first-order chi connectivity index (χ1) is 11.2. The first-order valence-corrected chi connectivity index (χ1v) is 8.67. The fourth-order valence-corrected chi connectivity index (χ4v) is 3.07. The van der Waals surface area contributed by atoms with E-state index in [4.69, 9.17) is 4.74 Å². The van der Waals surface area contributed by atoms with E-state index in [2.05, 4.69) is 12.2 Å². The summed E-state index contributed by atoms with van der Waals surface area (Å²) in [4.78, 5) is 13.9. The number of hydrogen-bond donors (Lipinski definition) is 1. The lowest BCUT2D eigenvalue weighted by molar-refractivity contribution is 0.0179. The molecule has 1 saturated heterocycles. The molecule has 1 heterocycles. The second kappa shape index (κ2) is 7.41. The number of likely N-dealkylation sites (tertiary alicyclic amines) is 1. The predicted molar refractivity (Wildman–Crippen MR) is 94.8 cm³/mol. The molecule has 1 aliphatic heterocycles. The molecule has 0 radical (unpaired) electrons. The van der Waals surface area contributed by atoms with Crippen LogP contribution in [0, 0.1) is 18.7 Å². The van der Waals surface area contributed by atoms with Gasteiger partial charge < -0.3 is 15.0 Å². The van der Waals surface area contributed by atoms with Gasteiger partial charge in [-0.3, -0.25) is 0 Å². The van der Waals surface area contributed by atoms with Crippen molar-refractivity contribution >= 4 is 11.8 Å². The molecule has 0 spiro atoms. The maximum atomic E-state index is 14.0. The van der Waals surface area contributed by atoms with Gasteiger partial charge in [0.15, 0.2) is 0 Å². The Morgan fingerprint density at radius 1 is 1.33 bits per heavy atom. The van der Waals surface area contributed by atoms with Crippen LogP contribution < -0.4 is 5.32 Å². The van der Waals surface area contributed by atoms with E-state index in [0.29, 0.717) is 24.7 Å². The fourth-order valence-electron chi connectivity index (χ4n) is 3.07. The van der Waals surface area contributed by atoms with Gasteiger partial charge in [-0.2, -0.15) is 0 Å². The Kier molecular flexibility index (Phi) is 5.73. The number of ether oxygens (including phenoxy) is 1. The Hall–Kier alpha value is -1.78. The van der Waals surface area contributed by atoms with Crippen LogP contribution in [-0.4, -0.2) is 35.7 Å². The van der Waals surface area contributed by atoms with E-state index in [1.807, 2.05) is 33.8 Å². The number of para-hydroxylation sites is 1. The number of rotatable bonds is 3. The Balaban J connectivity index is 1.89. The van der Waals surface area contributed by atoms with Gasteiger partial charge in [-0.1, -0.05) is 12.1 Å². The zero-order valence-corrected chi connectivity index (χ0v) is 15.4. The molecule has 134 valence electrons. The Labute approximate surface area is 144 Å². The number of benzene rings is 1. The molecule has 1 fully saturated rings. The molecule has 1 unspecified atom stereocenters. The first-order valence-electron chi connectivity index (χ1n) is 8.67. The molecule has 1 aromatic carbocycles. The van der Waals surface area contributed by atoms with Gasteiger partial charge in [-0.15, -0.1) is 0 Å². The summed E-state index contributed by atoms with van der Waals surface area (Å²) in [6, 6.07) is 5.26. The van der Waals surface area contributed by atoms with Crippen LogP contribution >= 0.6 is 0 Å². The number of nitrogens with one attached hydrogen (secondary N) is 1. The Morgan fingerprint density at radius 3 is 2.50 bits per heavy atom. The highest BCUT2D eigenvalue weighted by molar-refractivity contribution is 5.68. The summed E-state index contributed by atoms with van der Waals surface area (Å²) in [5, 5.41) is 3.32. The Morgan fingerprint density at radius 2 is 1.96 bits per heavy atom. The highest BCUT2D eigenvalue weighted by atomic mass is 19.1. The summed E-state index contributed by atoms with van der Waals surface area (Å²) in [7, 11) is 0. The molecule has 5 heteroatoms. The molecular formula is C19H29FN2O2. The number of amides is 1. The van der Waals surface area contributed by atoms with Crippen LogP contribution in [0.5, 0.6) is 0 Å². The van der Waals surface area contributed by atoms with Crippen LogP contribution in [0.2, 0.25) is 0 Å². The lowest BCUT2D eigenvalue weighted by atomic mass is 9.90. The number of hydrogen-bond acceptors (Lipinski definition) is 3. The van der Waals surface area contributed by atoms with Crippen molar-refractivity contribution in [1.29, 1.82) is 0 Å². The molecule has 1 aliphatic rings. The van der Waals surface area contributed by atoms with Gasteiger partial charge in [0, 0.05) is 19.1 Å². The zero-order chi connectivity index (χ0) is 17.9. The number of carbonyl (C=O) groups is 1. The van der Waals surface area contributed by atoms with Crippen LogP contribution in [0.3, 0.4) is 0 Å². The predicted octanol–water partition coefficient (Wildman–Crippen LogP) is 4.58. The number of carbonyl (C=O) groups excluding carboxylic acids is 1. The van der Waals surface area contributed by atoms with E-state index < -0.39 is 5.60 Å². The molecule has 2 rings (SSSR count). The average molecular weight is 336 g/mol. The van der Waals surface area contributed by atoms with Crippen LogP contribution in [0.15, 0.2) is 18.2 Å². The summed E-state index contributed by atoms with van der Waals surface area (Å²) in [5.41, 5.74) is 1.03. The fraction of sp³-hybridized carbons (Fsp3) is 0.632. The quantitative estimate of drug-likeness (QED) is 0.878. The van der Waals surface area contributed by atoms with Gasteiger partial charge >= 0.3 is 6.09 Å². The van der Waals surface area contributed by atoms with E-state index in [9.17, 15) is 9.18 Å². The number of halogens is 1. The van der Waals surface area contributed by atoms with Crippen molar-refractivity contribution in [2.75, 3.05) is 18.4 Å². The zero-order valence-electron chi connectivity index (χ0n) is 15.4. The molecule has 0 aromatic heterocycles. The number of nitrogens with zero attached hydrogens (tertiary/aromatic N) is 1. The molecule has 1 N–H and O–H groups in total. The maximum absolute atomic E-state index is 14.0. The average Bonchev–Trinajstić information content (AvgIpc) is 2.49. The second-order valence-electron chi connectivity index (χ2n) is 7.67. The minimum Gasteiger partial charge on any atom is -0.444 e. The lowest BCUT2D eigenvalue weighted by Crippen LogP contribution is -2.44. The molecule has 24 heavy (non-hydrogen) atoms. The largest absolute Gasteiger partial charge is 0.444 e. The van der Waals surface area contributed by atoms with Gasteiger partial charge in [-0.25, -0.2) is 9.18 Å². The van der Waals surface area contributed by atoms with Crippen molar-refractivity contribution in [1.82, 2.24) is 4.90 Å². The Bertz CT molecular complexity index is 555. The van der Waals surface area contributed by atoms with Crippen LogP contribution in [0.1, 0.15) is 46.1 Å². The summed E-state index contributed by atoms with van der Waals surface area (Å²) < 4.78 is 19.4. The maximum Gasteiger partial charge on any atom is 0.410 e. The standard InChI is InChI=1S/C19H29FN2O2/c1-13-7-6-8-16(20)17(13)21-14(2)15-9-11-22(12-10-15)18(23)24-19(3,4)5/h6-8,14-15,21H,9-12H2,1-5H3. The van der Waals surface area contributed by atoms with Crippen molar-refractivity contribution in [3.05, 3.63) is 29.6 Å². The van der Waals surface area contributed by atoms with Crippen molar-refractivity contribution < 1.29 is 13.9 Å². The minimum absolute atomic E-state index is 0.154. The number of anilines is 1. The van der Waals surface area contributed by atoms with Crippen molar-refractivity contribution in [2.45, 2.75) is 59.1 Å². The van der Waals surface area contributed by atoms with Gasteiger partial charge in [0.1, 0.15) is 11.4 Å². The van der Waals surface area contributed by atoms with Crippen LogP contribution in [-0.2, 0) is 4.74 Å². The highest BCUT2D eigenvalue weighted by Gasteiger charge is 2.29.